The summed E-state index contributed by atoms with van der Waals surface area (Å²) in [6.45, 7) is 3.41. The molecule has 1 aromatic rings. The van der Waals surface area contributed by atoms with Gasteiger partial charge in [0.2, 0.25) is 0 Å². The highest BCUT2D eigenvalue weighted by Crippen LogP contribution is 2.48. The molecule has 0 bridgehead atoms. The van der Waals surface area contributed by atoms with Crippen molar-refractivity contribution >= 4 is 67.1 Å². The van der Waals surface area contributed by atoms with Gasteiger partial charge in [0.05, 0.1) is 29.8 Å². The van der Waals surface area contributed by atoms with Crippen LogP contribution in [0.5, 0.6) is 0 Å². The Morgan fingerprint density at radius 1 is 1.29 bits per heavy atom. The van der Waals surface area contributed by atoms with Gasteiger partial charge in [-0.2, -0.15) is 25.3 Å². The number of epoxide rings is 1. The van der Waals surface area contributed by atoms with Crippen LogP contribution in [0.25, 0.3) is 6.08 Å². The molecule has 2 saturated heterocycles. The second-order valence-electron chi connectivity index (χ2n) is 9.13. The lowest BCUT2D eigenvalue weighted by Crippen LogP contribution is -2.45. The molecular weight excluding hydrogens is 515 g/mol. The van der Waals surface area contributed by atoms with Crippen molar-refractivity contribution in [1.82, 2.24) is 4.98 Å². The second-order valence-corrected chi connectivity index (χ2v) is 12.7. The second kappa shape index (κ2) is 11.7. The Bertz CT molecular complexity index is 919. The number of carbonyl (C=O) groups is 2. The Morgan fingerprint density at radius 2 is 2.03 bits per heavy atom. The molecule has 1 aromatic heterocycles. The molecule has 5 atom stereocenters. The average molecular weight is 548 g/mol. The minimum absolute atomic E-state index is 0.174. The lowest BCUT2D eigenvalue weighted by Gasteiger charge is -2.30. The molecule has 2 aliphatic heterocycles. The molecule has 0 aliphatic carbocycles. The van der Waals surface area contributed by atoms with Gasteiger partial charge in [-0.25, -0.2) is 4.98 Å². The Hall–Kier alpha value is -0.560. The zero-order valence-corrected chi connectivity index (χ0v) is 22.8. The first-order valence-corrected chi connectivity index (χ1v) is 13.7. The molecule has 0 amide bonds. The van der Waals surface area contributed by atoms with Crippen LogP contribution >= 0.6 is 49.2 Å². The summed E-state index contributed by atoms with van der Waals surface area (Å²) in [5, 5.41) is 23.2. The Kier molecular flexibility index (Phi) is 9.61. The van der Waals surface area contributed by atoms with Crippen LogP contribution in [-0.2, 0) is 19.1 Å². The zero-order chi connectivity index (χ0) is 25.1. The third kappa shape index (κ3) is 7.02. The van der Waals surface area contributed by atoms with Crippen molar-refractivity contribution in [3.8, 4) is 0 Å². The number of esters is 1. The normalized spacial score (nSPS) is 33.8. The van der Waals surface area contributed by atoms with E-state index in [-0.39, 0.29) is 12.7 Å². The quantitative estimate of drug-likeness (QED) is 0.170. The highest BCUT2D eigenvalue weighted by Gasteiger charge is 2.54. The number of carbonyl (C=O) groups excluding carboxylic acids is 2. The lowest BCUT2D eigenvalue weighted by molar-refractivity contribution is -0.150. The number of cyclic esters (lactones) is 1. The van der Waals surface area contributed by atoms with Crippen LogP contribution < -0.4 is 0 Å². The third-order valence-corrected chi connectivity index (χ3v) is 8.83. The predicted octanol–water partition coefficient (Wildman–Crippen LogP) is 3.63. The van der Waals surface area contributed by atoms with Gasteiger partial charge < -0.3 is 19.7 Å². The van der Waals surface area contributed by atoms with Crippen LogP contribution in [0.1, 0.15) is 62.6 Å². The van der Waals surface area contributed by atoms with E-state index < -0.39 is 45.3 Å². The van der Waals surface area contributed by atoms with Crippen molar-refractivity contribution in [2.45, 2.75) is 86.1 Å². The molecule has 2 fully saturated rings. The van der Waals surface area contributed by atoms with Crippen LogP contribution in [0.3, 0.4) is 0 Å². The molecule has 34 heavy (non-hydrogen) atoms. The van der Waals surface area contributed by atoms with Crippen molar-refractivity contribution < 1.29 is 29.3 Å². The van der Waals surface area contributed by atoms with E-state index in [1.54, 1.807) is 0 Å². The monoisotopic (exact) mass is 547 g/mol. The van der Waals surface area contributed by atoms with Crippen molar-refractivity contribution in [2.75, 3.05) is 6.61 Å². The smallest absolute Gasteiger partial charge is 0.309 e. The molecular formula is C23H33NO6S4. The van der Waals surface area contributed by atoms with Gasteiger partial charge in [-0.3, -0.25) is 9.59 Å². The van der Waals surface area contributed by atoms with Crippen LogP contribution in [0, 0.1) is 12.8 Å². The lowest BCUT2D eigenvalue weighted by atomic mass is 9.92. The van der Waals surface area contributed by atoms with E-state index in [1.807, 2.05) is 25.3 Å². The first kappa shape index (κ1) is 28.0. The van der Waals surface area contributed by atoms with E-state index in [2.05, 4.69) is 30.2 Å². The summed E-state index contributed by atoms with van der Waals surface area (Å²) >= 11 is 14.8. The number of thiazole rings is 1. The van der Waals surface area contributed by atoms with Gasteiger partial charge in [0.25, 0.3) is 0 Å². The SMILES string of the molecule is C/C(=C\c1csc(C)n1)C1CC2O[C@]2(S)CCCCC[C@@H](CO)C(=O)C(S)(S)[C@@H](O)CC(=O)O1. The molecule has 0 aromatic carbocycles. The summed E-state index contributed by atoms with van der Waals surface area (Å²) < 4.78 is 9.84. The van der Waals surface area contributed by atoms with Gasteiger partial charge in [-0.05, 0) is 44.8 Å². The Labute approximate surface area is 220 Å². The maximum Gasteiger partial charge on any atom is 0.309 e. The molecule has 11 heteroatoms. The molecule has 7 nitrogen and oxygen atoms in total. The molecule has 2 aliphatic rings. The highest BCUT2D eigenvalue weighted by molar-refractivity contribution is 8.02. The number of nitrogens with zero attached hydrogens (tertiary/aromatic N) is 1. The zero-order valence-electron chi connectivity index (χ0n) is 19.3. The molecule has 2 N–H and O–H groups in total. The summed E-state index contributed by atoms with van der Waals surface area (Å²) in [6.07, 6.45) is 3.15. The summed E-state index contributed by atoms with van der Waals surface area (Å²) in [6, 6.07) is 0. The predicted molar refractivity (Wildman–Crippen MR) is 142 cm³/mol. The fourth-order valence-corrected chi connectivity index (χ4v) is 5.69. The molecule has 2 unspecified atom stereocenters. The fourth-order valence-electron chi connectivity index (χ4n) is 4.18. The minimum atomic E-state index is -1.79. The summed E-state index contributed by atoms with van der Waals surface area (Å²) in [5.41, 5.74) is 1.57. The van der Waals surface area contributed by atoms with Crippen LogP contribution in [0.4, 0.5) is 0 Å². The van der Waals surface area contributed by atoms with Crippen LogP contribution in [0.2, 0.25) is 0 Å². The van der Waals surface area contributed by atoms with E-state index >= 15 is 0 Å². The van der Waals surface area contributed by atoms with Crippen molar-refractivity contribution in [3.05, 3.63) is 21.7 Å². The number of rotatable bonds is 3. The number of ether oxygens (including phenoxy) is 2. The first-order valence-electron chi connectivity index (χ1n) is 11.4. The standard InChI is InChI=1S/C23H33NO6S4/c1-13(8-16-12-34-14(2)24-16)17-9-19-22(31,30-19)7-5-3-4-6-15(11-25)21(28)23(32,33)18(26)10-20(27)29-17/h8,12,15,17-19,25-26,31-33H,3-7,9-11H2,1-2H3/b13-8+/t15-,17?,18-,19?,22-/m0/s1. The van der Waals surface area contributed by atoms with Gasteiger partial charge in [-0.1, -0.05) is 12.8 Å². The van der Waals surface area contributed by atoms with Crippen LogP contribution in [-0.4, -0.2) is 60.9 Å². The first-order chi connectivity index (χ1) is 16.0. The number of aryl methyl sites for hydroxylation is 1. The summed E-state index contributed by atoms with van der Waals surface area (Å²) in [4.78, 5) is 29.6. The van der Waals surface area contributed by atoms with Gasteiger partial charge in [0.15, 0.2) is 5.78 Å². The van der Waals surface area contributed by atoms with Crippen LogP contribution in [0.15, 0.2) is 11.0 Å². The number of fused-ring (bicyclic) bond motifs is 1. The highest BCUT2D eigenvalue weighted by atomic mass is 32.2. The van der Waals surface area contributed by atoms with Crippen molar-refractivity contribution in [3.63, 3.8) is 0 Å². The van der Waals surface area contributed by atoms with Gasteiger partial charge in [-0.15, -0.1) is 24.0 Å². The molecule has 0 saturated carbocycles. The molecule has 3 rings (SSSR count). The number of hydrogen-bond acceptors (Lipinski definition) is 11. The fraction of sp³-hybridized carbons (Fsp3) is 0.696. The molecule has 0 radical (unpaired) electrons. The largest absolute Gasteiger partial charge is 0.458 e. The number of aromatic nitrogens is 1. The number of aliphatic hydroxyl groups is 2. The van der Waals surface area contributed by atoms with E-state index in [9.17, 15) is 19.8 Å². The Balaban J connectivity index is 1.82. The topological polar surface area (TPSA) is 109 Å². The number of ketones is 1. The Morgan fingerprint density at radius 3 is 2.68 bits per heavy atom. The van der Waals surface area contributed by atoms with Gasteiger partial charge in [0.1, 0.15) is 21.2 Å². The van der Waals surface area contributed by atoms with Crippen molar-refractivity contribution in [1.29, 1.82) is 0 Å². The van der Waals surface area contributed by atoms with Crippen molar-refractivity contribution in [2.24, 2.45) is 5.92 Å². The molecule has 190 valence electrons. The summed E-state index contributed by atoms with van der Waals surface area (Å²) in [7, 11) is 0. The minimum Gasteiger partial charge on any atom is -0.458 e. The maximum absolute atomic E-state index is 12.9. The van der Waals surface area contributed by atoms with Gasteiger partial charge >= 0.3 is 5.97 Å². The molecule has 3 heterocycles. The maximum atomic E-state index is 12.9. The third-order valence-electron chi connectivity index (χ3n) is 6.38. The summed E-state index contributed by atoms with van der Waals surface area (Å²) in [5.74, 6) is -1.90. The molecule has 0 spiro atoms. The number of aliphatic hydroxyl groups excluding tert-OH is 2. The van der Waals surface area contributed by atoms with E-state index in [1.165, 1.54) is 11.3 Å². The van der Waals surface area contributed by atoms with E-state index in [4.69, 9.17) is 22.1 Å². The average Bonchev–Trinajstić information content (AvgIpc) is 3.21. The van der Waals surface area contributed by atoms with E-state index in [0.29, 0.717) is 12.8 Å². The van der Waals surface area contributed by atoms with Gasteiger partial charge in [0, 0.05) is 17.7 Å². The number of hydrogen-bond donors (Lipinski definition) is 5. The number of thiol groups is 3. The van der Waals surface area contributed by atoms with E-state index in [0.717, 1.165) is 42.0 Å². The number of Topliss-reactive ketones (excluding diaryl/α,β-unsaturated/α-hetero) is 1.